The van der Waals surface area contributed by atoms with Crippen LogP contribution >= 0.6 is 11.8 Å². The summed E-state index contributed by atoms with van der Waals surface area (Å²) >= 11 is 1.54. The zero-order valence-corrected chi connectivity index (χ0v) is 18.9. The normalized spacial score (nSPS) is 29.0. The first-order valence-electron chi connectivity index (χ1n) is 11.0. The summed E-state index contributed by atoms with van der Waals surface area (Å²) < 4.78 is 0. The first-order chi connectivity index (χ1) is 13.9. The van der Waals surface area contributed by atoms with Crippen molar-refractivity contribution in [3.8, 4) is 0 Å². The molecule has 0 radical (unpaired) electrons. The molecule has 3 fully saturated rings. The standard InChI is InChI=1S/C21H36N4O3S/c1-4-10-21(16-7-12-24(13-8-16)18(26)15-29-3)19(27)25(20(28)22-21)14-9-17-6-5-11-23(17)2/h16-17H,4-15H2,1-3H3,(H,22,28). The van der Waals surface area contributed by atoms with E-state index >= 15 is 0 Å². The van der Waals surface area contributed by atoms with Crippen LogP contribution < -0.4 is 5.32 Å². The van der Waals surface area contributed by atoms with Crippen molar-refractivity contribution in [2.75, 3.05) is 45.2 Å². The molecule has 1 N–H and O–H groups in total. The van der Waals surface area contributed by atoms with E-state index in [4.69, 9.17) is 0 Å². The zero-order chi connectivity index (χ0) is 21.0. The maximum Gasteiger partial charge on any atom is 0.325 e. The minimum atomic E-state index is -0.790. The first kappa shape index (κ1) is 22.4. The van der Waals surface area contributed by atoms with Crippen LogP contribution in [0.15, 0.2) is 0 Å². The van der Waals surface area contributed by atoms with Crippen molar-refractivity contribution >= 4 is 29.6 Å². The van der Waals surface area contributed by atoms with Crippen molar-refractivity contribution in [2.45, 2.75) is 63.5 Å². The summed E-state index contributed by atoms with van der Waals surface area (Å²) in [4.78, 5) is 44.1. The quantitative estimate of drug-likeness (QED) is 0.605. The van der Waals surface area contributed by atoms with Gasteiger partial charge in [0.1, 0.15) is 5.54 Å². The Morgan fingerprint density at radius 2 is 1.93 bits per heavy atom. The Morgan fingerprint density at radius 1 is 1.21 bits per heavy atom. The Hall–Kier alpha value is -1.28. The van der Waals surface area contributed by atoms with Crippen molar-refractivity contribution in [1.29, 1.82) is 0 Å². The third-order valence-corrected chi connectivity index (χ3v) is 7.55. The van der Waals surface area contributed by atoms with Gasteiger partial charge in [-0.05, 0) is 64.3 Å². The lowest BCUT2D eigenvalue weighted by atomic mass is 9.74. The number of carbonyl (C=O) groups is 3. The molecular weight excluding hydrogens is 388 g/mol. The average molecular weight is 425 g/mol. The van der Waals surface area contributed by atoms with E-state index in [9.17, 15) is 14.4 Å². The molecule has 2 atom stereocenters. The van der Waals surface area contributed by atoms with Gasteiger partial charge in [-0.1, -0.05) is 13.3 Å². The number of imide groups is 1. The monoisotopic (exact) mass is 424 g/mol. The topological polar surface area (TPSA) is 73.0 Å². The summed E-state index contributed by atoms with van der Waals surface area (Å²) in [6.07, 6.45) is 8.16. The Labute approximate surface area is 178 Å². The first-order valence-corrected chi connectivity index (χ1v) is 12.4. The molecule has 8 heteroatoms. The summed E-state index contributed by atoms with van der Waals surface area (Å²) in [5.41, 5.74) is -0.790. The number of nitrogens with zero attached hydrogens (tertiary/aromatic N) is 3. The van der Waals surface area contributed by atoms with Crippen LogP contribution in [0.1, 0.15) is 51.9 Å². The third-order valence-electron chi connectivity index (χ3n) is 7.02. The number of thioether (sulfide) groups is 1. The van der Waals surface area contributed by atoms with E-state index in [1.54, 1.807) is 11.8 Å². The van der Waals surface area contributed by atoms with Gasteiger partial charge in [-0.15, -0.1) is 0 Å². The molecule has 3 aliphatic rings. The smallest absolute Gasteiger partial charge is 0.325 e. The minimum absolute atomic E-state index is 0.0427. The van der Waals surface area contributed by atoms with E-state index in [0.29, 0.717) is 37.8 Å². The molecule has 29 heavy (non-hydrogen) atoms. The van der Waals surface area contributed by atoms with Crippen LogP contribution in [0.3, 0.4) is 0 Å². The predicted molar refractivity (Wildman–Crippen MR) is 116 cm³/mol. The molecule has 0 aromatic heterocycles. The molecular formula is C21H36N4O3S. The van der Waals surface area contributed by atoms with Crippen molar-refractivity contribution in [3.05, 3.63) is 0 Å². The summed E-state index contributed by atoms with van der Waals surface area (Å²) in [5, 5.41) is 3.11. The molecule has 0 saturated carbocycles. The second kappa shape index (κ2) is 9.69. The van der Waals surface area contributed by atoms with Gasteiger partial charge in [-0.25, -0.2) is 4.79 Å². The van der Waals surface area contributed by atoms with Crippen LogP contribution in [0.4, 0.5) is 4.79 Å². The fraction of sp³-hybridized carbons (Fsp3) is 0.857. The van der Waals surface area contributed by atoms with Crippen molar-refractivity contribution in [3.63, 3.8) is 0 Å². The minimum Gasteiger partial charge on any atom is -0.342 e. The maximum absolute atomic E-state index is 13.5. The highest BCUT2D eigenvalue weighted by atomic mass is 32.2. The number of hydrogen-bond acceptors (Lipinski definition) is 5. The molecule has 3 rings (SSSR count). The Bertz CT molecular complexity index is 623. The summed E-state index contributed by atoms with van der Waals surface area (Å²) in [7, 11) is 2.12. The molecule has 0 aromatic rings. The van der Waals surface area contributed by atoms with Crippen LogP contribution in [0.2, 0.25) is 0 Å². The number of nitrogens with one attached hydrogen (secondary N) is 1. The third kappa shape index (κ3) is 4.58. The SMILES string of the molecule is CCCC1(C2CCN(C(=O)CSC)CC2)NC(=O)N(CCC2CCCN2C)C1=O. The molecule has 3 saturated heterocycles. The van der Waals surface area contributed by atoms with Crippen molar-refractivity contribution in [2.24, 2.45) is 5.92 Å². The van der Waals surface area contributed by atoms with Crippen LogP contribution in [-0.2, 0) is 9.59 Å². The van der Waals surface area contributed by atoms with E-state index in [2.05, 4.69) is 24.2 Å². The number of likely N-dealkylation sites (tertiary alicyclic amines) is 2. The number of piperidine rings is 1. The van der Waals surface area contributed by atoms with Gasteiger partial charge in [0, 0.05) is 25.7 Å². The second-order valence-corrected chi connectivity index (χ2v) is 9.63. The fourth-order valence-electron chi connectivity index (χ4n) is 5.35. The van der Waals surface area contributed by atoms with E-state index < -0.39 is 5.54 Å². The lowest BCUT2D eigenvalue weighted by molar-refractivity contribution is -0.135. The number of amides is 4. The van der Waals surface area contributed by atoms with Gasteiger partial charge >= 0.3 is 6.03 Å². The van der Waals surface area contributed by atoms with Gasteiger partial charge in [0.05, 0.1) is 5.75 Å². The molecule has 4 amide bonds. The van der Waals surface area contributed by atoms with Crippen LogP contribution in [0, 0.1) is 5.92 Å². The van der Waals surface area contributed by atoms with Crippen LogP contribution in [-0.4, -0.2) is 89.4 Å². The van der Waals surface area contributed by atoms with Gasteiger partial charge in [0.2, 0.25) is 5.91 Å². The average Bonchev–Trinajstić information content (AvgIpc) is 3.22. The van der Waals surface area contributed by atoms with E-state index in [-0.39, 0.29) is 23.8 Å². The Morgan fingerprint density at radius 3 is 2.52 bits per heavy atom. The molecule has 0 aliphatic carbocycles. The van der Waals surface area contributed by atoms with Gasteiger partial charge in [0.15, 0.2) is 0 Å². The van der Waals surface area contributed by atoms with Gasteiger partial charge in [-0.3, -0.25) is 14.5 Å². The lowest BCUT2D eigenvalue weighted by Gasteiger charge is -2.41. The number of hydrogen-bond donors (Lipinski definition) is 1. The van der Waals surface area contributed by atoms with Crippen molar-refractivity contribution in [1.82, 2.24) is 20.0 Å². The van der Waals surface area contributed by atoms with Crippen LogP contribution in [0.5, 0.6) is 0 Å². The molecule has 0 spiro atoms. The molecule has 7 nitrogen and oxygen atoms in total. The maximum atomic E-state index is 13.5. The van der Waals surface area contributed by atoms with E-state index in [1.807, 2.05) is 11.2 Å². The lowest BCUT2D eigenvalue weighted by Crippen LogP contribution is -2.56. The van der Waals surface area contributed by atoms with Gasteiger partial charge in [0.25, 0.3) is 5.91 Å². The van der Waals surface area contributed by atoms with E-state index in [1.165, 1.54) is 11.3 Å². The van der Waals surface area contributed by atoms with Gasteiger partial charge in [-0.2, -0.15) is 11.8 Å². The molecule has 0 aromatic carbocycles. The predicted octanol–water partition coefficient (Wildman–Crippen LogP) is 2.16. The highest BCUT2D eigenvalue weighted by Crippen LogP contribution is 2.37. The number of carbonyl (C=O) groups excluding carboxylic acids is 3. The molecule has 2 unspecified atom stereocenters. The largest absolute Gasteiger partial charge is 0.342 e. The molecule has 0 bridgehead atoms. The van der Waals surface area contributed by atoms with E-state index in [0.717, 1.165) is 38.6 Å². The molecule has 164 valence electrons. The Kier molecular flexibility index (Phi) is 7.48. The second-order valence-electron chi connectivity index (χ2n) is 8.76. The summed E-state index contributed by atoms with van der Waals surface area (Å²) in [5.74, 6) is 0.726. The van der Waals surface area contributed by atoms with Gasteiger partial charge < -0.3 is 15.1 Å². The fourth-order valence-corrected chi connectivity index (χ4v) is 5.78. The summed E-state index contributed by atoms with van der Waals surface area (Å²) in [6, 6.07) is 0.229. The number of rotatable bonds is 8. The molecule has 3 aliphatic heterocycles. The zero-order valence-electron chi connectivity index (χ0n) is 18.1. The highest BCUT2D eigenvalue weighted by molar-refractivity contribution is 7.99. The van der Waals surface area contributed by atoms with Crippen molar-refractivity contribution < 1.29 is 14.4 Å². The summed E-state index contributed by atoms with van der Waals surface area (Å²) in [6.45, 7) is 5.00. The molecule has 3 heterocycles. The Balaban J connectivity index is 1.65. The highest BCUT2D eigenvalue weighted by Gasteiger charge is 2.55. The van der Waals surface area contributed by atoms with Crippen LogP contribution in [0.25, 0.3) is 0 Å². The number of urea groups is 1.